The Morgan fingerprint density at radius 3 is 2.42 bits per heavy atom. The van der Waals surface area contributed by atoms with Crippen LogP contribution in [0.25, 0.3) is 10.9 Å². The highest BCUT2D eigenvalue weighted by Crippen LogP contribution is 2.40. The molecule has 0 saturated carbocycles. The average Bonchev–Trinajstić information content (AvgIpc) is 2.75. The minimum atomic E-state index is -1.30. The first-order valence-electron chi connectivity index (χ1n) is 10.7. The summed E-state index contributed by atoms with van der Waals surface area (Å²) in [6, 6.07) is 3.51. The average molecular weight is 445 g/mol. The quantitative estimate of drug-likeness (QED) is 0.566. The number of pyridine rings is 1. The van der Waals surface area contributed by atoms with Gasteiger partial charge in [0.05, 0.1) is 26.7 Å². The molecule has 1 aromatic heterocycles. The lowest BCUT2D eigenvalue weighted by Crippen LogP contribution is -2.46. The van der Waals surface area contributed by atoms with Gasteiger partial charge in [0.2, 0.25) is 5.43 Å². The molecule has 0 radical (unpaired) electrons. The van der Waals surface area contributed by atoms with Gasteiger partial charge < -0.3 is 19.5 Å². The molecule has 0 unspecified atom stereocenters. The summed E-state index contributed by atoms with van der Waals surface area (Å²) < 4.78 is 1.78. The van der Waals surface area contributed by atoms with E-state index in [2.05, 4.69) is 4.90 Å². The smallest absolute Gasteiger partial charge is 0.342 e. The number of carbonyl (C=O) groups is 1. The van der Waals surface area contributed by atoms with Crippen LogP contribution in [0.4, 0.5) is 11.4 Å². The van der Waals surface area contributed by atoms with Crippen LogP contribution in [0, 0.1) is 10.1 Å². The molecule has 3 aliphatic heterocycles. The second-order valence-electron chi connectivity index (χ2n) is 8.45. The first kappa shape index (κ1) is 20.3. The number of likely N-dealkylation sites (tertiary alicyclic amines) is 1. The summed E-state index contributed by atoms with van der Waals surface area (Å²) in [7, 11) is 0. The number of benzene rings is 1. The third kappa shape index (κ3) is 3.38. The maximum atomic E-state index is 12.8. The number of thioether (sulfide) groups is 1. The molecule has 2 fully saturated rings. The molecule has 31 heavy (non-hydrogen) atoms. The summed E-state index contributed by atoms with van der Waals surface area (Å²) in [5, 5.41) is 21.8. The number of aromatic nitrogens is 1. The number of hydrogen-bond donors (Lipinski definition) is 1. The molecule has 0 spiro atoms. The van der Waals surface area contributed by atoms with Crippen LogP contribution in [0.1, 0.15) is 42.5 Å². The van der Waals surface area contributed by atoms with Gasteiger partial charge in [-0.15, -0.1) is 0 Å². The highest BCUT2D eigenvalue weighted by molar-refractivity contribution is 7.99. The molecule has 1 N–H and O–H groups in total. The van der Waals surface area contributed by atoms with E-state index in [9.17, 15) is 24.8 Å². The van der Waals surface area contributed by atoms with Crippen LogP contribution in [-0.2, 0) is 5.88 Å². The molecule has 0 bridgehead atoms. The van der Waals surface area contributed by atoms with Crippen molar-refractivity contribution in [3.05, 3.63) is 38.0 Å². The number of piperidine rings is 2. The summed E-state index contributed by atoms with van der Waals surface area (Å²) in [4.78, 5) is 40.4. The van der Waals surface area contributed by atoms with Gasteiger partial charge >= 0.3 is 5.97 Å². The standard InChI is InChI=1S/C21H24N4O5S/c26-19-14-10-17(25(29)30)16(11-15(14)24-12-31-20(24)18(19)21(27)28)23-8-4-13(5-9-23)22-6-2-1-3-7-22/h10-11,13H,1-9,12H2,(H,27,28). The van der Waals surface area contributed by atoms with Crippen molar-refractivity contribution in [2.24, 2.45) is 0 Å². The number of nitro benzene ring substituents is 1. The van der Waals surface area contributed by atoms with Gasteiger partial charge in [0, 0.05) is 25.2 Å². The number of hydrogen-bond acceptors (Lipinski definition) is 7. The van der Waals surface area contributed by atoms with Gasteiger partial charge in [-0.05, 0) is 44.8 Å². The summed E-state index contributed by atoms with van der Waals surface area (Å²) in [5.41, 5.74) is 0.00334. The van der Waals surface area contributed by atoms with Gasteiger partial charge in [0.15, 0.2) is 0 Å². The summed E-state index contributed by atoms with van der Waals surface area (Å²) in [5.74, 6) is -0.768. The predicted octanol–water partition coefficient (Wildman–Crippen LogP) is 3.13. The van der Waals surface area contributed by atoms with Crippen molar-refractivity contribution in [3.8, 4) is 0 Å². The van der Waals surface area contributed by atoms with Crippen LogP contribution in [0.3, 0.4) is 0 Å². The fourth-order valence-corrected chi connectivity index (χ4v) is 6.08. The number of rotatable bonds is 4. The molecule has 10 heteroatoms. The zero-order chi connectivity index (χ0) is 21.7. The Bertz CT molecular complexity index is 1130. The second-order valence-corrected chi connectivity index (χ2v) is 9.38. The zero-order valence-electron chi connectivity index (χ0n) is 17.1. The number of carboxylic acid groups (broad SMARTS) is 1. The van der Waals surface area contributed by atoms with E-state index < -0.39 is 16.3 Å². The molecule has 2 saturated heterocycles. The summed E-state index contributed by atoms with van der Waals surface area (Å²) in [6.45, 7) is 3.73. The lowest BCUT2D eigenvalue weighted by atomic mass is 9.99. The third-order valence-electron chi connectivity index (χ3n) is 6.77. The van der Waals surface area contributed by atoms with E-state index in [1.165, 1.54) is 37.1 Å². The number of aromatic carboxylic acids is 1. The van der Waals surface area contributed by atoms with Crippen molar-refractivity contribution in [2.75, 3.05) is 31.1 Å². The molecule has 5 rings (SSSR count). The van der Waals surface area contributed by atoms with Crippen molar-refractivity contribution >= 4 is 40.0 Å². The molecule has 1 aromatic carbocycles. The molecule has 4 heterocycles. The van der Waals surface area contributed by atoms with Gasteiger partial charge in [0.25, 0.3) is 5.69 Å². The highest BCUT2D eigenvalue weighted by atomic mass is 32.2. The lowest BCUT2D eigenvalue weighted by molar-refractivity contribution is -0.384. The van der Waals surface area contributed by atoms with E-state index in [-0.39, 0.29) is 16.6 Å². The van der Waals surface area contributed by atoms with Crippen molar-refractivity contribution in [3.63, 3.8) is 0 Å². The van der Waals surface area contributed by atoms with Gasteiger partial charge in [-0.2, -0.15) is 0 Å². The molecule has 2 aromatic rings. The van der Waals surface area contributed by atoms with Crippen molar-refractivity contribution in [1.29, 1.82) is 0 Å². The van der Waals surface area contributed by atoms with E-state index in [1.807, 2.05) is 4.90 Å². The molecule has 0 atom stereocenters. The highest BCUT2D eigenvalue weighted by Gasteiger charge is 2.32. The summed E-state index contributed by atoms with van der Waals surface area (Å²) >= 11 is 1.31. The van der Waals surface area contributed by atoms with Crippen LogP contribution in [0.2, 0.25) is 0 Å². The molecular weight excluding hydrogens is 420 g/mol. The van der Waals surface area contributed by atoms with Gasteiger partial charge in [-0.1, -0.05) is 18.2 Å². The predicted molar refractivity (Wildman–Crippen MR) is 118 cm³/mol. The van der Waals surface area contributed by atoms with Gasteiger partial charge in [-0.25, -0.2) is 4.79 Å². The van der Waals surface area contributed by atoms with Gasteiger partial charge in [0.1, 0.15) is 11.3 Å². The fourth-order valence-electron chi connectivity index (χ4n) is 5.13. The number of anilines is 1. The Balaban J connectivity index is 1.52. The minimum absolute atomic E-state index is 0.0973. The number of nitrogens with zero attached hydrogens (tertiary/aromatic N) is 4. The van der Waals surface area contributed by atoms with Crippen molar-refractivity contribution in [1.82, 2.24) is 9.47 Å². The van der Waals surface area contributed by atoms with E-state index in [0.717, 1.165) is 39.0 Å². The van der Waals surface area contributed by atoms with Crippen LogP contribution in [-0.4, -0.2) is 57.7 Å². The van der Waals surface area contributed by atoms with Gasteiger partial charge in [-0.3, -0.25) is 14.9 Å². The molecular formula is C21H24N4O5S. The Kier molecular flexibility index (Phi) is 5.13. The maximum Gasteiger partial charge on any atom is 0.342 e. The SMILES string of the molecule is O=C(O)c1c2n(c3cc(N4CCC(N5CCCCC5)CC4)c([N+](=O)[O-])cc3c1=O)CS2. The van der Waals surface area contributed by atoms with Crippen LogP contribution in [0.15, 0.2) is 22.0 Å². The van der Waals surface area contributed by atoms with E-state index >= 15 is 0 Å². The number of fused-ring (bicyclic) bond motifs is 3. The lowest BCUT2D eigenvalue weighted by Gasteiger charge is -2.40. The molecule has 164 valence electrons. The van der Waals surface area contributed by atoms with Crippen molar-refractivity contribution in [2.45, 2.75) is 49.0 Å². The third-order valence-corrected chi connectivity index (χ3v) is 7.85. The fraction of sp³-hybridized carbons (Fsp3) is 0.524. The molecule has 0 aliphatic carbocycles. The van der Waals surface area contributed by atoms with Crippen LogP contribution in [0.5, 0.6) is 0 Å². The maximum absolute atomic E-state index is 12.8. The Morgan fingerprint density at radius 2 is 1.84 bits per heavy atom. The molecule has 9 nitrogen and oxygen atoms in total. The molecule has 0 amide bonds. The molecule has 3 aliphatic rings. The van der Waals surface area contributed by atoms with Crippen LogP contribution < -0.4 is 10.3 Å². The monoisotopic (exact) mass is 444 g/mol. The zero-order valence-corrected chi connectivity index (χ0v) is 17.9. The first-order valence-corrected chi connectivity index (χ1v) is 11.7. The Hall–Kier alpha value is -2.59. The Labute approximate surface area is 182 Å². The normalized spacial score (nSPS) is 19.8. The largest absolute Gasteiger partial charge is 0.477 e. The van der Waals surface area contributed by atoms with Crippen LogP contribution >= 0.6 is 11.8 Å². The van der Waals surface area contributed by atoms with E-state index in [1.54, 1.807) is 10.6 Å². The van der Waals surface area contributed by atoms with Crippen molar-refractivity contribution < 1.29 is 14.8 Å². The Morgan fingerprint density at radius 1 is 1.13 bits per heavy atom. The minimum Gasteiger partial charge on any atom is -0.477 e. The number of nitro groups is 1. The summed E-state index contributed by atoms with van der Waals surface area (Å²) in [6.07, 6.45) is 5.70. The second kappa shape index (κ2) is 7.83. The first-order chi connectivity index (χ1) is 15.0. The number of carboxylic acids is 1. The van der Waals surface area contributed by atoms with E-state index in [4.69, 9.17) is 0 Å². The van der Waals surface area contributed by atoms with E-state index in [0.29, 0.717) is 28.1 Å². The topological polar surface area (TPSA) is 109 Å².